The van der Waals surface area contributed by atoms with Crippen LogP contribution in [0, 0.1) is 6.92 Å². The monoisotopic (exact) mass is 222 g/mol. The highest BCUT2D eigenvalue weighted by atomic mass is 35.5. The van der Waals surface area contributed by atoms with Gasteiger partial charge < -0.3 is 0 Å². The highest BCUT2D eigenvalue weighted by Crippen LogP contribution is 2.25. The molecule has 0 fully saturated rings. The number of carbonyl (C=O) groups excluding carboxylic acids is 1. The highest BCUT2D eigenvalue weighted by Gasteiger charge is 2.11. The summed E-state index contributed by atoms with van der Waals surface area (Å²) in [5, 5.41) is 0.230. The molecule has 1 nitrogen and oxygen atoms in total. The Bertz CT molecular complexity index is 310. The third-order valence-corrected chi connectivity index (χ3v) is 2.15. The van der Waals surface area contributed by atoms with Crippen molar-refractivity contribution in [2.45, 2.75) is 6.92 Å². The summed E-state index contributed by atoms with van der Waals surface area (Å²) in [6.45, 7) is 1.73. The molecular weight excluding hydrogens is 218 g/mol. The largest absolute Gasteiger partial charge is 0.276 e. The lowest BCUT2D eigenvalue weighted by Crippen LogP contribution is -1.94. The van der Waals surface area contributed by atoms with E-state index in [1.54, 1.807) is 13.0 Å². The van der Waals surface area contributed by atoms with Crippen molar-refractivity contribution in [1.82, 2.24) is 0 Å². The first kappa shape index (κ1) is 9.85. The molecule has 0 aliphatic rings. The number of carbonyl (C=O) groups is 1. The summed E-state index contributed by atoms with van der Waals surface area (Å²) in [7, 11) is 0. The Morgan fingerprint density at radius 3 is 2.33 bits per heavy atom. The van der Waals surface area contributed by atoms with Gasteiger partial charge in [-0.05, 0) is 36.2 Å². The zero-order chi connectivity index (χ0) is 9.30. The zero-order valence-electron chi connectivity index (χ0n) is 6.20. The Kier molecular flexibility index (Phi) is 2.99. The predicted octanol–water partition coefficient (Wildman–Crippen LogP) is 3.68. The number of benzene rings is 1. The smallest absolute Gasteiger partial charge is 0.254 e. The van der Waals surface area contributed by atoms with E-state index in [1.807, 2.05) is 0 Å². The van der Waals surface area contributed by atoms with Gasteiger partial charge >= 0.3 is 0 Å². The van der Waals surface area contributed by atoms with Gasteiger partial charge in [-0.25, -0.2) is 0 Å². The highest BCUT2D eigenvalue weighted by molar-refractivity contribution is 6.69. The number of hydrogen-bond donors (Lipinski definition) is 0. The van der Waals surface area contributed by atoms with Crippen molar-refractivity contribution in [1.29, 1.82) is 0 Å². The standard InChI is InChI=1S/C8H5Cl3O/c1-4-2-5(9)3-6(10)7(4)8(11)12/h2-3H,1H3. The molecule has 1 aromatic carbocycles. The van der Waals surface area contributed by atoms with Crippen LogP contribution in [-0.4, -0.2) is 5.24 Å². The average Bonchev–Trinajstić information content (AvgIpc) is 1.82. The molecule has 0 heterocycles. The lowest BCUT2D eigenvalue weighted by Gasteiger charge is -2.03. The molecule has 0 N–H and O–H groups in total. The van der Waals surface area contributed by atoms with Gasteiger partial charge in [-0.3, -0.25) is 4.79 Å². The Morgan fingerprint density at radius 2 is 1.92 bits per heavy atom. The van der Waals surface area contributed by atoms with Crippen LogP contribution in [-0.2, 0) is 0 Å². The molecule has 1 aromatic rings. The van der Waals surface area contributed by atoms with Crippen LogP contribution in [0.25, 0.3) is 0 Å². The van der Waals surface area contributed by atoms with E-state index in [2.05, 4.69) is 0 Å². The summed E-state index contributed by atoms with van der Waals surface area (Å²) in [5.41, 5.74) is 1.01. The fourth-order valence-corrected chi connectivity index (χ4v) is 1.93. The second kappa shape index (κ2) is 3.65. The summed E-state index contributed by atoms with van der Waals surface area (Å²) >= 11 is 16.7. The second-order valence-corrected chi connectivity index (χ2v) is 3.54. The molecule has 0 amide bonds. The molecule has 0 bridgehead atoms. The van der Waals surface area contributed by atoms with Gasteiger partial charge in [-0.2, -0.15) is 0 Å². The molecular formula is C8H5Cl3O. The molecule has 4 heteroatoms. The fourth-order valence-electron chi connectivity index (χ4n) is 0.951. The molecule has 64 valence electrons. The van der Waals surface area contributed by atoms with Gasteiger partial charge in [0.25, 0.3) is 5.24 Å². The SMILES string of the molecule is Cc1cc(Cl)cc(Cl)c1C(=O)Cl. The summed E-state index contributed by atoms with van der Waals surface area (Å²) < 4.78 is 0. The molecule has 0 spiro atoms. The van der Waals surface area contributed by atoms with Crippen molar-refractivity contribution in [3.63, 3.8) is 0 Å². The van der Waals surface area contributed by atoms with E-state index in [0.29, 0.717) is 21.2 Å². The van der Waals surface area contributed by atoms with Gasteiger partial charge in [0.15, 0.2) is 0 Å². The molecule has 0 saturated carbocycles. The van der Waals surface area contributed by atoms with Crippen molar-refractivity contribution >= 4 is 40.0 Å². The van der Waals surface area contributed by atoms with Gasteiger partial charge in [-0.1, -0.05) is 23.2 Å². The first-order chi connectivity index (χ1) is 5.52. The third kappa shape index (κ3) is 1.92. The van der Waals surface area contributed by atoms with Crippen LogP contribution < -0.4 is 0 Å². The van der Waals surface area contributed by atoms with Crippen molar-refractivity contribution in [2.75, 3.05) is 0 Å². The van der Waals surface area contributed by atoms with Crippen molar-refractivity contribution in [3.8, 4) is 0 Å². The van der Waals surface area contributed by atoms with E-state index in [9.17, 15) is 4.79 Å². The summed E-state index contributed by atoms with van der Waals surface area (Å²) in [4.78, 5) is 10.8. The average molecular weight is 223 g/mol. The summed E-state index contributed by atoms with van der Waals surface area (Å²) in [6.07, 6.45) is 0. The molecule has 12 heavy (non-hydrogen) atoms. The first-order valence-electron chi connectivity index (χ1n) is 3.18. The zero-order valence-corrected chi connectivity index (χ0v) is 8.46. The Labute approximate surface area is 85.2 Å². The molecule has 0 saturated heterocycles. The predicted molar refractivity (Wildman–Crippen MR) is 51.4 cm³/mol. The molecule has 0 aromatic heterocycles. The van der Waals surface area contributed by atoms with Gasteiger partial charge in [0, 0.05) is 5.02 Å². The van der Waals surface area contributed by atoms with E-state index >= 15 is 0 Å². The Hall–Kier alpha value is -0.240. The van der Waals surface area contributed by atoms with Gasteiger partial charge in [0.2, 0.25) is 0 Å². The molecule has 1 rings (SSSR count). The van der Waals surface area contributed by atoms with Crippen molar-refractivity contribution in [3.05, 3.63) is 33.3 Å². The van der Waals surface area contributed by atoms with Gasteiger partial charge in [-0.15, -0.1) is 0 Å². The van der Waals surface area contributed by atoms with E-state index in [0.717, 1.165) is 0 Å². The van der Waals surface area contributed by atoms with Gasteiger partial charge in [0.1, 0.15) is 0 Å². The van der Waals surface area contributed by atoms with Gasteiger partial charge in [0.05, 0.1) is 10.6 Å². The number of aryl methyl sites for hydroxylation is 1. The number of halogens is 3. The first-order valence-corrected chi connectivity index (χ1v) is 4.31. The van der Waals surface area contributed by atoms with E-state index < -0.39 is 5.24 Å². The maximum Gasteiger partial charge on any atom is 0.254 e. The molecule has 0 radical (unpaired) electrons. The van der Waals surface area contributed by atoms with Crippen molar-refractivity contribution in [2.24, 2.45) is 0 Å². The minimum absolute atomic E-state index is 0.292. The topological polar surface area (TPSA) is 17.1 Å². The normalized spacial score (nSPS) is 10.0. The lowest BCUT2D eigenvalue weighted by atomic mass is 10.1. The molecule has 0 aliphatic heterocycles. The van der Waals surface area contributed by atoms with Crippen LogP contribution in [0.1, 0.15) is 15.9 Å². The van der Waals surface area contributed by atoms with E-state index in [-0.39, 0.29) is 0 Å². The minimum Gasteiger partial charge on any atom is -0.276 e. The molecule has 0 aliphatic carbocycles. The minimum atomic E-state index is -0.561. The number of rotatable bonds is 1. The van der Waals surface area contributed by atoms with Crippen LogP contribution in [0.5, 0.6) is 0 Å². The van der Waals surface area contributed by atoms with Crippen LogP contribution >= 0.6 is 34.8 Å². The fraction of sp³-hybridized carbons (Fsp3) is 0.125. The van der Waals surface area contributed by atoms with E-state index in [1.165, 1.54) is 6.07 Å². The lowest BCUT2D eigenvalue weighted by molar-refractivity contribution is 0.108. The van der Waals surface area contributed by atoms with Crippen LogP contribution in [0.4, 0.5) is 0 Å². The van der Waals surface area contributed by atoms with Crippen LogP contribution in [0.15, 0.2) is 12.1 Å². The summed E-state index contributed by atoms with van der Waals surface area (Å²) in [6, 6.07) is 3.13. The summed E-state index contributed by atoms with van der Waals surface area (Å²) in [5.74, 6) is 0. The second-order valence-electron chi connectivity index (χ2n) is 2.35. The molecule has 0 atom stereocenters. The van der Waals surface area contributed by atoms with Crippen LogP contribution in [0.3, 0.4) is 0 Å². The number of hydrogen-bond acceptors (Lipinski definition) is 1. The van der Waals surface area contributed by atoms with Crippen molar-refractivity contribution < 1.29 is 4.79 Å². The quantitative estimate of drug-likeness (QED) is 0.664. The maximum absolute atomic E-state index is 10.8. The van der Waals surface area contributed by atoms with E-state index in [4.69, 9.17) is 34.8 Å². The maximum atomic E-state index is 10.8. The van der Waals surface area contributed by atoms with Crippen LogP contribution in [0.2, 0.25) is 10.0 Å². The third-order valence-electron chi connectivity index (χ3n) is 1.45. The Balaban J connectivity index is 3.38. The Morgan fingerprint density at radius 1 is 1.33 bits per heavy atom. The molecule has 0 unspecified atom stereocenters.